The quantitative estimate of drug-likeness (QED) is 0.164. The Hall–Kier alpha value is -7.29. The summed E-state index contributed by atoms with van der Waals surface area (Å²) in [5, 5.41) is 9.97. The zero-order valence-corrected chi connectivity index (χ0v) is 30.0. The van der Waals surface area contributed by atoms with Gasteiger partial charge < -0.3 is 0 Å². The number of rotatable bonds is 5. The minimum absolute atomic E-state index is 0.933. The minimum atomic E-state index is 0.933. The molecule has 0 bridgehead atoms. The van der Waals surface area contributed by atoms with Gasteiger partial charge in [0.15, 0.2) is 0 Å². The second kappa shape index (κ2) is 12.7. The number of fused-ring (bicyclic) bond motifs is 5. The molecule has 0 aliphatic rings. The average Bonchev–Trinajstić information content (AvgIpc) is 3.65. The number of imidazole rings is 1. The molecule has 0 saturated carbocycles. The highest BCUT2D eigenvalue weighted by Crippen LogP contribution is 2.46. The van der Waals surface area contributed by atoms with Crippen LogP contribution < -0.4 is 0 Å². The molecule has 0 aliphatic heterocycles. The highest BCUT2D eigenvalue weighted by Gasteiger charge is 2.19. The van der Waals surface area contributed by atoms with E-state index in [1.165, 1.54) is 70.9 Å². The van der Waals surface area contributed by atoms with Gasteiger partial charge in [0.1, 0.15) is 5.82 Å². The molecule has 0 amide bonds. The van der Waals surface area contributed by atoms with Crippen molar-refractivity contribution in [2.45, 2.75) is 0 Å². The zero-order chi connectivity index (χ0) is 36.3. The topological polar surface area (TPSA) is 17.8 Å². The molecule has 1 heterocycles. The van der Waals surface area contributed by atoms with Crippen LogP contribution in [-0.4, -0.2) is 9.55 Å². The summed E-state index contributed by atoms with van der Waals surface area (Å²) < 4.78 is 2.26. The Morgan fingerprint density at radius 3 is 1.47 bits per heavy atom. The number of para-hydroxylation sites is 3. The first-order chi connectivity index (χ1) is 27.3. The lowest BCUT2D eigenvalue weighted by Gasteiger charge is -2.19. The van der Waals surface area contributed by atoms with Crippen molar-refractivity contribution in [3.8, 4) is 50.5 Å². The number of benzene rings is 10. The van der Waals surface area contributed by atoms with Crippen molar-refractivity contribution < 1.29 is 0 Å². The SMILES string of the molecule is c1ccc(-n2c(-c3ccc(-c4ccc5c(-c6ccc7ccccc7c6)c6ccccc6c(-c6ccc7ccccc7c6)c5c4)cc3)nc3ccccc32)cc1. The maximum Gasteiger partial charge on any atom is 0.145 e. The molecule has 10 aromatic carbocycles. The zero-order valence-electron chi connectivity index (χ0n) is 30.0. The van der Waals surface area contributed by atoms with Gasteiger partial charge in [0.2, 0.25) is 0 Å². The Labute approximate surface area is 319 Å². The van der Waals surface area contributed by atoms with Crippen molar-refractivity contribution in [2.24, 2.45) is 0 Å². The molecule has 11 rings (SSSR count). The third-order valence-electron chi connectivity index (χ3n) is 11.2. The van der Waals surface area contributed by atoms with Crippen molar-refractivity contribution in [3.05, 3.63) is 206 Å². The lowest BCUT2D eigenvalue weighted by molar-refractivity contribution is 1.10. The first-order valence-electron chi connectivity index (χ1n) is 18.9. The molecule has 0 radical (unpaired) electrons. The van der Waals surface area contributed by atoms with E-state index in [4.69, 9.17) is 4.98 Å². The molecular formula is C53H34N2. The van der Waals surface area contributed by atoms with Gasteiger partial charge in [0, 0.05) is 11.3 Å². The van der Waals surface area contributed by atoms with E-state index in [0.29, 0.717) is 0 Å². The third-order valence-corrected chi connectivity index (χ3v) is 11.2. The summed E-state index contributed by atoms with van der Waals surface area (Å²) in [5.41, 5.74) is 11.6. The summed E-state index contributed by atoms with van der Waals surface area (Å²) in [5.74, 6) is 0.933. The Bertz CT molecular complexity index is 3240. The van der Waals surface area contributed by atoms with Crippen LogP contribution in [0.4, 0.5) is 0 Å². The summed E-state index contributed by atoms with van der Waals surface area (Å²) in [6, 6.07) is 74.8. The van der Waals surface area contributed by atoms with Crippen molar-refractivity contribution in [2.75, 3.05) is 0 Å². The first kappa shape index (κ1) is 31.3. The predicted octanol–water partition coefficient (Wildman–Crippen LogP) is 14.3. The number of aromatic nitrogens is 2. The average molecular weight is 699 g/mol. The van der Waals surface area contributed by atoms with Crippen LogP contribution in [0, 0.1) is 0 Å². The molecule has 256 valence electrons. The molecule has 2 heteroatoms. The lowest BCUT2D eigenvalue weighted by atomic mass is 9.84. The normalized spacial score (nSPS) is 11.6. The van der Waals surface area contributed by atoms with E-state index in [2.05, 4.69) is 211 Å². The van der Waals surface area contributed by atoms with Crippen LogP contribution >= 0.6 is 0 Å². The van der Waals surface area contributed by atoms with E-state index in [0.717, 1.165) is 33.7 Å². The fraction of sp³-hybridized carbons (Fsp3) is 0. The van der Waals surface area contributed by atoms with Gasteiger partial charge in [-0.2, -0.15) is 0 Å². The van der Waals surface area contributed by atoms with Gasteiger partial charge >= 0.3 is 0 Å². The molecule has 55 heavy (non-hydrogen) atoms. The Kier molecular flexibility index (Phi) is 7.21. The summed E-state index contributed by atoms with van der Waals surface area (Å²) in [6.07, 6.45) is 0. The van der Waals surface area contributed by atoms with Crippen molar-refractivity contribution in [1.82, 2.24) is 9.55 Å². The van der Waals surface area contributed by atoms with Crippen molar-refractivity contribution in [1.29, 1.82) is 0 Å². The number of hydrogen-bond donors (Lipinski definition) is 0. The Morgan fingerprint density at radius 2 is 0.800 bits per heavy atom. The van der Waals surface area contributed by atoms with Gasteiger partial charge in [-0.1, -0.05) is 164 Å². The molecular weight excluding hydrogens is 665 g/mol. The number of hydrogen-bond acceptors (Lipinski definition) is 1. The van der Waals surface area contributed by atoms with Gasteiger partial charge in [-0.3, -0.25) is 4.57 Å². The minimum Gasteiger partial charge on any atom is -0.292 e. The molecule has 11 aromatic rings. The van der Waals surface area contributed by atoms with E-state index in [-0.39, 0.29) is 0 Å². The molecule has 2 nitrogen and oxygen atoms in total. The van der Waals surface area contributed by atoms with E-state index in [9.17, 15) is 0 Å². The molecule has 0 unspecified atom stereocenters. The summed E-state index contributed by atoms with van der Waals surface area (Å²) >= 11 is 0. The van der Waals surface area contributed by atoms with Gasteiger partial charge in [-0.05, 0) is 119 Å². The van der Waals surface area contributed by atoms with Gasteiger partial charge in [0.05, 0.1) is 11.0 Å². The van der Waals surface area contributed by atoms with E-state index >= 15 is 0 Å². The standard InChI is InChI=1S/C53H34N2/c1-2-16-44(17-3-1)55-50-21-11-10-20-49(50)54-53(55)38-26-22-37(23-27-38)41-30-31-47-48(34-41)52(43-29-25-36-13-5-7-15-40(36)33-43)46-19-9-8-18-45(46)51(47)42-28-24-35-12-4-6-14-39(35)32-42/h1-34H. The van der Waals surface area contributed by atoms with E-state index in [1.54, 1.807) is 0 Å². The first-order valence-corrected chi connectivity index (χ1v) is 18.9. The fourth-order valence-electron chi connectivity index (χ4n) is 8.54. The van der Waals surface area contributed by atoms with Crippen LogP contribution in [0.1, 0.15) is 0 Å². The summed E-state index contributed by atoms with van der Waals surface area (Å²) in [6.45, 7) is 0. The van der Waals surface area contributed by atoms with E-state index < -0.39 is 0 Å². The summed E-state index contributed by atoms with van der Waals surface area (Å²) in [4.78, 5) is 5.12. The second-order valence-corrected chi connectivity index (χ2v) is 14.4. The van der Waals surface area contributed by atoms with Gasteiger partial charge in [0.25, 0.3) is 0 Å². The Morgan fingerprint density at radius 1 is 0.309 bits per heavy atom. The smallest absolute Gasteiger partial charge is 0.145 e. The highest BCUT2D eigenvalue weighted by atomic mass is 15.1. The van der Waals surface area contributed by atoms with Gasteiger partial charge in [-0.15, -0.1) is 0 Å². The summed E-state index contributed by atoms with van der Waals surface area (Å²) in [7, 11) is 0. The molecule has 0 spiro atoms. The highest BCUT2D eigenvalue weighted by molar-refractivity contribution is 6.22. The fourth-order valence-corrected chi connectivity index (χ4v) is 8.54. The second-order valence-electron chi connectivity index (χ2n) is 14.4. The van der Waals surface area contributed by atoms with Crippen LogP contribution in [0.2, 0.25) is 0 Å². The Balaban J connectivity index is 1.12. The molecule has 0 aliphatic carbocycles. The number of nitrogens with zero attached hydrogens (tertiary/aromatic N) is 2. The molecule has 0 atom stereocenters. The van der Waals surface area contributed by atoms with Crippen LogP contribution in [0.5, 0.6) is 0 Å². The molecule has 0 fully saturated rings. The van der Waals surface area contributed by atoms with Crippen molar-refractivity contribution in [3.63, 3.8) is 0 Å². The van der Waals surface area contributed by atoms with Crippen LogP contribution in [0.3, 0.4) is 0 Å². The lowest BCUT2D eigenvalue weighted by Crippen LogP contribution is -1.97. The predicted molar refractivity (Wildman–Crippen MR) is 233 cm³/mol. The van der Waals surface area contributed by atoms with Crippen molar-refractivity contribution >= 4 is 54.1 Å². The third kappa shape index (κ3) is 5.22. The molecule has 1 aromatic heterocycles. The monoisotopic (exact) mass is 698 g/mol. The molecule has 0 N–H and O–H groups in total. The van der Waals surface area contributed by atoms with E-state index in [1.807, 2.05) is 0 Å². The van der Waals surface area contributed by atoms with Crippen LogP contribution in [-0.2, 0) is 0 Å². The maximum absolute atomic E-state index is 5.12. The van der Waals surface area contributed by atoms with Gasteiger partial charge in [-0.25, -0.2) is 4.98 Å². The van der Waals surface area contributed by atoms with Crippen LogP contribution in [0.25, 0.3) is 105 Å². The van der Waals surface area contributed by atoms with Crippen LogP contribution in [0.15, 0.2) is 206 Å². The maximum atomic E-state index is 5.12. The molecule has 0 saturated heterocycles. The largest absolute Gasteiger partial charge is 0.292 e.